The van der Waals surface area contributed by atoms with Gasteiger partial charge in [-0.3, -0.25) is 0 Å². The maximum atomic E-state index is 6.16. The number of nitrogens with one attached hydrogen (secondary N) is 1. The summed E-state index contributed by atoms with van der Waals surface area (Å²) in [5, 5.41) is 3.34. The third kappa shape index (κ3) is 4.52. The summed E-state index contributed by atoms with van der Waals surface area (Å²) in [6, 6.07) is 15.2. The smallest absolute Gasteiger partial charge is 0.399 e. The first-order valence-corrected chi connectivity index (χ1v) is 10.8. The molecule has 1 heterocycles. The highest BCUT2D eigenvalue weighted by Crippen LogP contribution is 2.36. The normalized spacial score (nSPS) is 18.3. The van der Waals surface area contributed by atoms with E-state index in [0.717, 1.165) is 18.4 Å². The summed E-state index contributed by atoms with van der Waals surface area (Å²) in [5.74, 6) is 0.439. The molecule has 4 nitrogen and oxygen atoms in total. The van der Waals surface area contributed by atoms with E-state index in [1.54, 1.807) is 0 Å². The van der Waals surface area contributed by atoms with E-state index in [1.165, 1.54) is 22.5 Å². The third-order valence-electron chi connectivity index (χ3n) is 6.64. The Bertz CT molecular complexity index is 848. The second kappa shape index (κ2) is 8.64. The Morgan fingerprint density at radius 1 is 1.03 bits per heavy atom. The monoisotopic (exact) mass is 407 g/mol. The highest BCUT2D eigenvalue weighted by molar-refractivity contribution is 6.62. The fourth-order valence-corrected chi connectivity index (χ4v) is 3.71. The first-order chi connectivity index (χ1) is 14.1. The summed E-state index contributed by atoms with van der Waals surface area (Å²) < 4.78 is 12.3. The number of hydrogen-bond acceptors (Lipinski definition) is 4. The van der Waals surface area contributed by atoms with E-state index in [-0.39, 0.29) is 18.3 Å². The van der Waals surface area contributed by atoms with Gasteiger partial charge in [0.05, 0.1) is 11.2 Å². The van der Waals surface area contributed by atoms with Crippen LogP contribution in [-0.4, -0.2) is 32.4 Å². The fraction of sp³-hybridized carbons (Fsp3) is 0.480. The molecule has 1 atom stereocenters. The predicted octanol–water partition coefficient (Wildman–Crippen LogP) is 4.99. The van der Waals surface area contributed by atoms with Gasteiger partial charge in [-0.25, -0.2) is 0 Å². The second-order valence-electron chi connectivity index (χ2n) is 9.40. The molecular weight excluding hydrogens is 371 g/mol. The van der Waals surface area contributed by atoms with Crippen LogP contribution in [0.15, 0.2) is 42.5 Å². The van der Waals surface area contributed by atoms with E-state index in [0.29, 0.717) is 5.92 Å². The van der Waals surface area contributed by atoms with Crippen LogP contribution in [0.5, 0.6) is 0 Å². The van der Waals surface area contributed by atoms with E-state index in [9.17, 15) is 0 Å². The van der Waals surface area contributed by atoms with Gasteiger partial charge in [0.15, 0.2) is 0 Å². The van der Waals surface area contributed by atoms with E-state index in [2.05, 4.69) is 101 Å². The van der Waals surface area contributed by atoms with Crippen molar-refractivity contribution in [1.29, 1.82) is 0 Å². The summed E-state index contributed by atoms with van der Waals surface area (Å²) in [6.07, 6.45) is 0.888. The molecule has 0 amide bonds. The van der Waals surface area contributed by atoms with Gasteiger partial charge in [-0.2, -0.15) is 6.42 Å². The molecule has 1 unspecified atom stereocenters. The van der Waals surface area contributed by atoms with Crippen molar-refractivity contribution in [3.63, 3.8) is 0 Å². The molecule has 0 aliphatic carbocycles. The summed E-state index contributed by atoms with van der Waals surface area (Å²) in [6.45, 7) is 15.4. The number of rotatable bonds is 7. The molecule has 30 heavy (non-hydrogen) atoms. The van der Waals surface area contributed by atoms with Crippen molar-refractivity contribution >= 4 is 24.0 Å². The molecule has 1 saturated heterocycles. The Balaban J connectivity index is 1.70. The van der Waals surface area contributed by atoms with Crippen LogP contribution in [-0.2, 0) is 15.9 Å². The van der Waals surface area contributed by atoms with E-state index >= 15 is 0 Å². The molecule has 0 radical (unpaired) electrons. The van der Waals surface area contributed by atoms with Crippen LogP contribution in [0.2, 0.25) is 0 Å². The van der Waals surface area contributed by atoms with Crippen molar-refractivity contribution in [1.82, 2.24) is 0 Å². The molecule has 0 saturated carbocycles. The largest absolute Gasteiger partial charge is 0.494 e. The van der Waals surface area contributed by atoms with Crippen LogP contribution in [0.3, 0.4) is 0 Å². The van der Waals surface area contributed by atoms with E-state index < -0.39 is 0 Å². The van der Waals surface area contributed by atoms with E-state index in [4.69, 9.17) is 9.31 Å². The van der Waals surface area contributed by atoms with Crippen LogP contribution in [0, 0.1) is 6.92 Å². The number of anilines is 2. The standard InChI is InChI=1S/C25H36BN2O2/c1-9-18(2)22-15-14-21(16-23(22)27-7)28(8)17-19-10-12-20(13-11-19)26-29-24(3,4)25(5,6)30-26/h10-16,18,27H,1,9,17H2,2-8H3/q-1. The molecule has 2 aromatic carbocycles. The Morgan fingerprint density at radius 3 is 2.17 bits per heavy atom. The summed E-state index contributed by atoms with van der Waals surface area (Å²) >= 11 is 0. The number of nitrogens with zero attached hydrogens (tertiary/aromatic N) is 1. The lowest BCUT2D eigenvalue weighted by molar-refractivity contribution is 0.00578. The molecule has 1 aliphatic rings. The first-order valence-electron chi connectivity index (χ1n) is 10.8. The van der Waals surface area contributed by atoms with Gasteiger partial charge < -0.3 is 26.4 Å². The highest BCUT2D eigenvalue weighted by atomic mass is 16.7. The Labute approximate surface area is 183 Å². The van der Waals surface area contributed by atoms with Crippen LogP contribution >= 0.6 is 0 Å². The minimum absolute atomic E-state index is 0.317. The molecule has 162 valence electrons. The van der Waals surface area contributed by atoms with Gasteiger partial charge in [0.2, 0.25) is 0 Å². The van der Waals surface area contributed by atoms with Crippen LogP contribution in [0.25, 0.3) is 0 Å². The number of hydrogen-bond donors (Lipinski definition) is 1. The molecule has 1 aliphatic heterocycles. The molecule has 3 rings (SSSR count). The fourth-order valence-electron chi connectivity index (χ4n) is 3.71. The zero-order valence-electron chi connectivity index (χ0n) is 19.6. The topological polar surface area (TPSA) is 33.7 Å². The molecule has 0 spiro atoms. The average molecular weight is 407 g/mol. The van der Waals surface area contributed by atoms with Crippen LogP contribution in [0.1, 0.15) is 58.1 Å². The van der Waals surface area contributed by atoms with Crippen molar-refractivity contribution in [3.05, 3.63) is 60.5 Å². The maximum absolute atomic E-state index is 6.16. The minimum atomic E-state index is -0.320. The van der Waals surface area contributed by atoms with Gasteiger partial charge in [-0.05, 0) is 62.3 Å². The van der Waals surface area contributed by atoms with Gasteiger partial charge >= 0.3 is 7.12 Å². The van der Waals surface area contributed by atoms with Gasteiger partial charge in [0.1, 0.15) is 0 Å². The lowest BCUT2D eigenvalue weighted by Gasteiger charge is -2.32. The highest BCUT2D eigenvalue weighted by Gasteiger charge is 2.51. The van der Waals surface area contributed by atoms with Crippen molar-refractivity contribution in [2.45, 2.75) is 64.7 Å². The van der Waals surface area contributed by atoms with Crippen LogP contribution < -0.4 is 15.7 Å². The van der Waals surface area contributed by atoms with Crippen LogP contribution in [0.4, 0.5) is 11.4 Å². The Hall–Kier alpha value is -1.98. The summed E-state index contributed by atoms with van der Waals surface area (Å²) in [5.41, 5.74) is 5.35. The third-order valence-corrected chi connectivity index (χ3v) is 6.64. The SMILES string of the molecule is [CH2-]CC(C)c1ccc(N(C)Cc2ccc(B3OC(C)(C)C(C)(C)O3)cc2)cc1NC. The van der Waals surface area contributed by atoms with Gasteiger partial charge in [-0.1, -0.05) is 37.3 Å². The quantitative estimate of drug-likeness (QED) is 0.518. The van der Waals surface area contributed by atoms with Crippen molar-refractivity contribution in [2.24, 2.45) is 0 Å². The molecule has 1 fully saturated rings. The Kier molecular flexibility index (Phi) is 6.54. The lowest BCUT2D eigenvalue weighted by atomic mass is 9.79. The lowest BCUT2D eigenvalue weighted by Crippen LogP contribution is -2.41. The van der Waals surface area contributed by atoms with Crippen molar-refractivity contribution in [2.75, 3.05) is 24.3 Å². The molecule has 1 N–H and O–H groups in total. The second-order valence-corrected chi connectivity index (χ2v) is 9.40. The summed E-state index contributed by atoms with van der Waals surface area (Å²) in [4.78, 5) is 2.27. The zero-order chi connectivity index (χ0) is 22.1. The number of benzene rings is 2. The maximum Gasteiger partial charge on any atom is 0.494 e. The molecule has 0 aromatic heterocycles. The van der Waals surface area contributed by atoms with Gasteiger partial charge in [-0.15, -0.1) is 0 Å². The average Bonchev–Trinajstić information content (AvgIpc) is 2.94. The van der Waals surface area contributed by atoms with Gasteiger partial charge in [0, 0.05) is 32.0 Å². The molecule has 5 heteroatoms. The van der Waals surface area contributed by atoms with Gasteiger partial charge in [0.25, 0.3) is 0 Å². The molecule has 2 aromatic rings. The van der Waals surface area contributed by atoms with Crippen molar-refractivity contribution in [3.8, 4) is 0 Å². The van der Waals surface area contributed by atoms with Crippen molar-refractivity contribution < 1.29 is 9.31 Å². The zero-order valence-corrected chi connectivity index (χ0v) is 19.6. The first kappa shape index (κ1) is 22.7. The minimum Gasteiger partial charge on any atom is -0.399 e. The molecular formula is C25H36BN2O2-. The van der Waals surface area contributed by atoms with E-state index in [1.807, 2.05) is 7.05 Å². The molecule has 0 bridgehead atoms. The Morgan fingerprint density at radius 2 is 1.63 bits per heavy atom. The predicted molar refractivity (Wildman–Crippen MR) is 129 cm³/mol. The summed E-state index contributed by atoms with van der Waals surface area (Å²) in [7, 11) is 3.79.